The van der Waals surface area contributed by atoms with Gasteiger partial charge < -0.3 is 15.2 Å². The van der Waals surface area contributed by atoms with Crippen LogP contribution >= 0.6 is 0 Å². The molecule has 0 unspecified atom stereocenters. The van der Waals surface area contributed by atoms with Crippen molar-refractivity contribution in [3.05, 3.63) is 113 Å². The Morgan fingerprint density at radius 2 is 1.69 bits per heavy atom. The number of fused-ring (bicyclic) bond motifs is 2. The zero-order valence-corrected chi connectivity index (χ0v) is 21.1. The number of ether oxygens (including phenoxy) is 1. The van der Waals surface area contributed by atoms with Crippen molar-refractivity contribution in [3.63, 3.8) is 0 Å². The van der Waals surface area contributed by atoms with Gasteiger partial charge in [0, 0.05) is 24.1 Å². The van der Waals surface area contributed by atoms with Gasteiger partial charge in [-0.2, -0.15) is 0 Å². The highest BCUT2D eigenvalue weighted by Crippen LogP contribution is 2.41. The van der Waals surface area contributed by atoms with Gasteiger partial charge in [0.15, 0.2) is 0 Å². The maximum absolute atomic E-state index is 12.0. The quantitative estimate of drug-likeness (QED) is 0.292. The number of hydrogen-bond donors (Lipinski definition) is 2. The van der Waals surface area contributed by atoms with Crippen LogP contribution in [0.5, 0.6) is 5.75 Å². The molecule has 2 N–H and O–H groups in total. The fourth-order valence-corrected chi connectivity index (χ4v) is 5.46. The van der Waals surface area contributed by atoms with E-state index in [4.69, 9.17) is 4.74 Å². The molecule has 1 aliphatic rings. The summed E-state index contributed by atoms with van der Waals surface area (Å²) in [4.78, 5) is 12.0. The van der Waals surface area contributed by atoms with E-state index in [1.54, 1.807) is 0 Å². The topological polar surface area (TPSA) is 58.6 Å². The van der Waals surface area contributed by atoms with Gasteiger partial charge >= 0.3 is 5.97 Å². The predicted octanol–water partition coefficient (Wildman–Crippen LogP) is 7.30. The molecule has 36 heavy (non-hydrogen) atoms. The largest absolute Gasteiger partial charge is 0.489 e. The Balaban J connectivity index is 1.40. The first-order valence-corrected chi connectivity index (χ1v) is 12.8. The highest BCUT2D eigenvalue weighted by Gasteiger charge is 2.30. The average molecular weight is 480 g/mol. The van der Waals surface area contributed by atoms with E-state index < -0.39 is 5.97 Å². The predicted molar refractivity (Wildman–Crippen MR) is 145 cm³/mol. The van der Waals surface area contributed by atoms with Crippen LogP contribution in [-0.2, 0) is 0 Å². The van der Waals surface area contributed by atoms with E-state index in [1.807, 2.05) is 44.2 Å². The number of carboxylic acid groups (broad SMARTS) is 1. The van der Waals surface area contributed by atoms with Crippen LogP contribution in [0.15, 0.2) is 84.9 Å². The summed E-state index contributed by atoms with van der Waals surface area (Å²) in [6.45, 7) is 6.96. The van der Waals surface area contributed by atoms with E-state index in [2.05, 4.69) is 66.8 Å². The van der Waals surface area contributed by atoms with Crippen molar-refractivity contribution in [2.45, 2.75) is 51.2 Å². The molecule has 0 aromatic heterocycles. The summed E-state index contributed by atoms with van der Waals surface area (Å²) in [6.07, 6.45) is 0.757. The molecule has 0 radical (unpaired) electrons. The van der Waals surface area contributed by atoms with Gasteiger partial charge in [0.05, 0.1) is 5.56 Å². The third-order valence-electron chi connectivity index (χ3n) is 7.36. The minimum Gasteiger partial charge on any atom is -0.489 e. The number of carboxylic acids is 1. The molecule has 1 aliphatic heterocycles. The molecule has 0 aliphatic carbocycles. The van der Waals surface area contributed by atoms with Crippen molar-refractivity contribution >= 4 is 16.7 Å². The Labute approximate surface area is 212 Å². The molecule has 4 aromatic rings. The molecule has 184 valence electrons. The molecule has 0 saturated heterocycles. The van der Waals surface area contributed by atoms with E-state index in [1.165, 1.54) is 16.3 Å². The van der Waals surface area contributed by atoms with Crippen molar-refractivity contribution < 1.29 is 14.6 Å². The second-order valence-electron chi connectivity index (χ2n) is 10.1. The van der Waals surface area contributed by atoms with Crippen LogP contribution in [0.2, 0.25) is 0 Å². The Bertz CT molecular complexity index is 1390. The lowest BCUT2D eigenvalue weighted by Crippen LogP contribution is -2.37. The molecule has 1 heterocycles. The van der Waals surface area contributed by atoms with Gasteiger partial charge in [0.2, 0.25) is 0 Å². The molecule has 0 amide bonds. The standard InChI is InChI=1S/C32H33NO3/c1-20(2)25-16-15-23(17-30(25)32(34)35)29-18-24(36-31-14-7-6-12-28(29)31)19-33-21(3)26-13-8-10-22-9-4-5-11-27(22)26/h4-17,20-21,24,29,33H,18-19H2,1-3H3,(H,34,35)/t21-,24-,29+/m1/s1. The van der Waals surface area contributed by atoms with Gasteiger partial charge in [-0.05, 0) is 58.9 Å². The lowest BCUT2D eigenvalue weighted by molar-refractivity contribution is 0.0695. The highest BCUT2D eigenvalue weighted by molar-refractivity contribution is 5.90. The first-order chi connectivity index (χ1) is 17.4. The van der Waals surface area contributed by atoms with Crippen molar-refractivity contribution in [3.8, 4) is 5.75 Å². The Morgan fingerprint density at radius 3 is 2.50 bits per heavy atom. The Morgan fingerprint density at radius 1 is 0.944 bits per heavy atom. The van der Waals surface area contributed by atoms with Gasteiger partial charge in [-0.15, -0.1) is 0 Å². The van der Waals surface area contributed by atoms with Crippen LogP contribution in [0, 0.1) is 0 Å². The summed E-state index contributed by atoms with van der Waals surface area (Å²) >= 11 is 0. The maximum Gasteiger partial charge on any atom is 0.335 e. The van der Waals surface area contributed by atoms with Crippen LogP contribution in [0.3, 0.4) is 0 Å². The van der Waals surface area contributed by atoms with E-state index in [0.717, 1.165) is 28.9 Å². The summed E-state index contributed by atoms with van der Waals surface area (Å²) in [6, 6.07) is 29.2. The fraction of sp³-hybridized carbons (Fsp3) is 0.281. The summed E-state index contributed by atoms with van der Waals surface area (Å²) < 4.78 is 6.42. The molecule has 0 saturated carbocycles. The van der Waals surface area contributed by atoms with Crippen molar-refractivity contribution in [2.24, 2.45) is 0 Å². The number of aromatic carboxylic acids is 1. The molecule has 3 atom stereocenters. The molecule has 4 aromatic carbocycles. The number of hydrogen-bond acceptors (Lipinski definition) is 3. The first-order valence-electron chi connectivity index (χ1n) is 12.8. The van der Waals surface area contributed by atoms with Crippen LogP contribution in [0.25, 0.3) is 10.8 Å². The fourth-order valence-electron chi connectivity index (χ4n) is 5.46. The molecule has 4 heteroatoms. The number of benzene rings is 4. The second kappa shape index (κ2) is 10.2. The zero-order valence-electron chi connectivity index (χ0n) is 21.1. The van der Waals surface area contributed by atoms with Crippen LogP contribution in [0.1, 0.15) is 77.7 Å². The van der Waals surface area contributed by atoms with Crippen LogP contribution < -0.4 is 10.1 Å². The lowest BCUT2D eigenvalue weighted by Gasteiger charge is -2.34. The highest BCUT2D eigenvalue weighted by atomic mass is 16.5. The third-order valence-corrected chi connectivity index (χ3v) is 7.36. The maximum atomic E-state index is 12.0. The first kappa shape index (κ1) is 24.1. The van der Waals surface area contributed by atoms with Gasteiger partial charge in [-0.25, -0.2) is 4.79 Å². The number of carbonyl (C=O) groups is 1. The molecule has 5 rings (SSSR count). The van der Waals surface area contributed by atoms with Crippen molar-refractivity contribution in [1.82, 2.24) is 5.32 Å². The van der Waals surface area contributed by atoms with Gasteiger partial charge in [-0.1, -0.05) is 86.6 Å². The SMILES string of the molecule is CC(C)c1ccc([C@@H]2C[C@H](CN[C@H](C)c3cccc4ccccc34)Oc3ccccc32)cc1C(=O)O. The molecule has 0 fully saturated rings. The van der Waals surface area contributed by atoms with Crippen LogP contribution in [-0.4, -0.2) is 23.7 Å². The monoisotopic (exact) mass is 479 g/mol. The molecule has 0 bridgehead atoms. The van der Waals surface area contributed by atoms with E-state index in [0.29, 0.717) is 12.1 Å². The number of para-hydroxylation sites is 1. The van der Waals surface area contributed by atoms with Crippen molar-refractivity contribution in [2.75, 3.05) is 6.54 Å². The number of rotatable bonds is 7. The van der Waals surface area contributed by atoms with Gasteiger partial charge in [0.1, 0.15) is 11.9 Å². The average Bonchev–Trinajstić information content (AvgIpc) is 2.90. The number of nitrogens with one attached hydrogen (secondary N) is 1. The smallest absolute Gasteiger partial charge is 0.335 e. The summed E-state index contributed by atoms with van der Waals surface area (Å²) in [5.74, 6) is 0.236. The lowest BCUT2D eigenvalue weighted by atomic mass is 9.82. The Kier molecular flexibility index (Phi) is 6.80. The second-order valence-corrected chi connectivity index (χ2v) is 10.1. The minimum atomic E-state index is -0.872. The summed E-state index contributed by atoms with van der Waals surface area (Å²) in [7, 11) is 0. The Hall–Kier alpha value is -3.63. The summed E-state index contributed by atoms with van der Waals surface area (Å²) in [5.41, 5.74) is 4.68. The van der Waals surface area contributed by atoms with Crippen molar-refractivity contribution in [1.29, 1.82) is 0 Å². The molecular weight excluding hydrogens is 446 g/mol. The zero-order chi connectivity index (χ0) is 25.2. The summed E-state index contributed by atoms with van der Waals surface area (Å²) in [5, 5.41) is 16.1. The van der Waals surface area contributed by atoms with E-state index in [-0.39, 0.29) is 24.0 Å². The molecular formula is C32H33NO3. The third kappa shape index (κ3) is 4.74. The van der Waals surface area contributed by atoms with Crippen LogP contribution in [0.4, 0.5) is 0 Å². The van der Waals surface area contributed by atoms with E-state index >= 15 is 0 Å². The minimum absolute atomic E-state index is 0.0274. The van der Waals surface area contributed by atoms with E-state index in [9.17, 15) is 9.90 Å². The van der Waals surface area contributed by atoms with Gasteiger partial charge in [-0.3, -0.25) is 0 Å². The van der Waals surface area contributed by atoms with Gasteiger partial charge in [0.25, 0.3) is 0 Å². The normalized spacial score (nSPS) is 18.0. The molecule has 4 nitrogen and oxygen atoms in total. The molecule has 0 spiro atoms.